The van der Waals surface area contributed by atoms with Crippen LogP contribution in [0.15, 0.2) is 24.3 Å². The lowest BCUT2D eigenvalue weighted by Gasteiger charge is -2.51. The molecule has 2 nitrogen and oxygen atoms in total. The molecule has 5 heteroatoms. The maximum absolute atomic E-state index is 12.6. The van der Waals surface area contributed by atoms with E-state index >= 15 is 0 Å². The first kappa shape index (κ1) is 14.2. The minimum Gasteiger partial charge on any atom is -0.490 e. The predicted molar refractivity (Wildman–Crippen MR) is 67.1 cm³/mol. The van der Waals surface area contributed by atoms with Crippen molar-refractivity contribution < 1.29 is 17.9 Å². The Balaban J connectivity index is 2.09. The van der Waals surface area contributed by atoms with Gasteiger partial charge in [-0.3, -0.25) is 0 Å². The summed E-state index contributed by atoms with van der Waals surface area (Å²) in [5.41, 5.74) is -0.754. The third-order valence-corrected chi connectivity index (χ3v) is 3.97. The Morgan fingerprint density at radius 1 is 1.32 bits per heavy atom. The first-order valence-corrected chi connectivity index (χ1v) is 6.26. The number of hydrogen-bond donors (Lipinski definition) is 1. The smallest absolute Gasteiger partial charge is 0.416 e. The van der Waals surface area contributed by atoms with Crippen LogP contribution >= 0.6 is 0 Å². The average molecular weight is 273 g/mol. The van der Waals surface area contributed by atoms with Gasteiger partial charge in [-0.2, -0.15) is 13.2 Å². The van der Waals surface area contributed by atoms with Gasteiger partial charge in [-0.1, -0.05) is 19.9 Å². The van der Waals surface area contributed by atoms with Crippen LogP contribution in [0, 0.1) is 5.41 Å². The van der Waals surface area contributed by atoms with Crippen molar-refractivity contribution in [1.29, 1.82) is 0 Å². The van der Waals surface area contributed by atoms with E-state index in [2.05, 4.69) is 19.2 Å². The highest BCUT2D eigenvalue weighted by Gasteiger charge is 2.49. The summed E-state index contributed by atoms with van der Waals surface area (Å²) < 4.78 is 43.5. The van der Waals surface area contributed by atoms with Crippen molar-refractivity contribution in [3.8, 4) is 5.75 Å². The Morgan fingerprint density at radius 2 is 2.00 bits per heavy atom. The number of hydrogen-bond acceptors (Lipinski definition) is 2. The van der Waals surface area contributed by atoms with Crippen molar-refractivity contribution in [2.24, 2.45) is 5.41 Å². The van der Waals surface area contributed by atoms with Crippen molar-refractivity contribution in [2.45, 2.75) is 38.6 Å². The van der Waals surface area contributed by atoms with E-state index in [1.165, 1.54) is 6.07 Å². The summed E-state index contributed by atoms with van der Waals surface area (Å²) >= 11 is 0. The molecular formula is C14H18F3NO. The topological polar surface area (TPSA) is 21.3 Å². The normalized spacial score (nSPS) is 25.8. The molecule has 2 rings (SSSR count). The number of halogens is 3. The molecule has 0 spiro atoms. The van der Waals surface area contributed by atoms with Crippen molar-refractivity contribution in [3.63, 3.8) is 0 Å². The number of ether oxygens (including phenoxy) is 1. The van der Waals surface area contributed by atoms with Gasteiger partial charge in [-0.25, -0.2) is 0 Å². The second-order valence-corrected chi connectivity index (χ2v) is 5.53. The number of alkyl halides is 3. The summed E-state index contributed by atoms with van der Waals surface area (Å²) in [7, 11) is 1.88. The van der Waals surface area contributed by atoms with E-state index in [1.807, 2.05) is 7.05 Å². The standard InChI is InChI=1S/C14H18F3NO/c1-13(2)11(18-3)8-12(13)19-10-6-4-5-9(7-10)14(15,16)17/h4-7,11-12,18H,8H2,1-3H3. The second-order valence-electron chi connectivity index (χ2n) is 5.53. The van der Waals surface area contributed by atoms with Crippen LogP contribution in [-0.2, 0) is 6.18 Å². The van der Waals surface area contributed by atoms with Gasteiger partial charge in [0, 0.05) is 17.9 Å². The quantitative estimate of drug-likeness (QED) is 0.910. The summed E-state index contributed by atoms with van der Waals surface area (Å²) in [6.07, 6.45) is -3.59. The molecule has 19 heavy (non-hydrogen) atoms. The first-order valence-electron chi connectivity index (χ1n) is 6.26. The van der Waals surface area contributed by atoms with Crippen LogP contribution in [0.4, 0.5) is 13.2 Å². The molecule has 1 saturated carbocycles. The Hall–Kier alpha value is -1.23. The molecule has 0 amide bonds. The van der Waals surface area contributed by atoms with E-state index in [0.717, 1.165) is 18.6 Å². The monoisotopic (exact) mass is 273 g/mol. The summed E-state index contributed by atoms with van der Waals surface area (Å²) in [6, 6.07) is 5.39. The van der Waals surface area contributed by atoms with Crippen molar-refractivity contribution in [1.82, 2.24) is 5.32 Å². The molecule has 1 N–H and O–H groups in total. The van der Waals surface area contributed by atoms with Gasteiger partial charge in [0.15, 0.2) is 0 Å². The van der Waals surface area contributed by atoms with E-state index in [9.17, 15) is 13.2 Å². The molecule has 1 aromatic carbocycles. The molecule has 0 aromatic heterocycles. The molecule has 2 unspecified atom stereocenters. The Kier molecular flexibility index (Phi) is 3.51. The largest absolute Gasteiger partial charge is 0.490 e. The van der Waals surface area contributed by atoms with Gasteiger partial charge in [0.05, 0.1) is 5.56 Å². The van der Waals surface area contributed by atoms with Gasteiger partial charge in [0.2, 0.25) is 0 Å². The Morgan fingerprint density at radius 3 is 2.53 bits per heavy atom. The molecule has 1 aromatic rings. The van der Waals surface area contributed by atoms with Gasteiger partial charge >= 0.3 is 6.18 Å². The minimum atomic E-state index is -4.33. The maximum atomic E-state index is 12.6. The lowest BCUT2D eigenvalue weighted by Crippen LogP contribution is -2.61. The van der Waals surface area contributed by atoms with Crippen molar-refractivity contribution >= 4 is 0 Å². The molecule has 106 valence electrons. The van der Waals surface area contributed by atoms with Gasteiger partial charge in [-0.15, -0.1) is 0 Å². The molecule has 0 heterocycles. The fraction of sp³-hybridized carbons (Fsp3) is 0.571. The van der Waals surface area contributed by atoms with Gasteiger partial charge in [0.1, 0.15) is 11.9 Å². The summed E-state index contributed by atoms with van der Waals surface area (Å²) in [4.78, 5) is 0. The van der Waals surface area contributed by atoms with E-state index < -0.39 is 11.7 Å². The summed E-state index contributed by atoms with van der Waals surface area (Å²) in [6.45, 7) is 4.10. The lowest BCUT2D eigenvalue weighted by molar-refractivity contribution is -0.137. The fourth-order valence-electron chi connectivity index (χ4n) is 2.49. The number of rotatable bonds is 3. The maximum Gasteiger partial charge on any atom is 0.416 e. The Bertz CT molecular complexity index is 456. The van der Waals surface area contributed by atoms with E-state index in [4.69, 9.17) is 4.74 Å². The zero-order chi connectivity index (χ0) is 14.3. The van der Waals surface area contributed by atoms with Gasteiger partial charge < -0.3 is 10.1 Å². The highest BCUT2D eigenvalue weighted by atomic mass is 19.4. The number of nitrogens with one attached hydrogen (secondary N) is 1. The SMILES string of the molecule is CNC1CC(Oc2cccc(C(F)(F)F)c2)C1(C)C. The van der Waals surface area contributed by atoms with E-state index in [0.29, 0.717) is 6.04 Å². The summed E-state index contributed by atoms with van der Waals surface area (Å²) in [5, 5.41) is 3.18. The molecule has 1 aliphatic carbocycles. The van der Waals surface area contributed by atoms with Gasteiger partial charge in [0.25, 0.3) is 0 Å². The minimum absolute atomic E-state index is 0.0616. The number of benzene rings is 1. The lowest BCUT2D eigenvalue weighted by atomic mass is 9.64. The Labute approximate surface area is 111 Å². The molecule has 1 fully saturated rings. The highest BCUT2D eigenvalue weighted by Crippen LogP contribution is 2.43. The van der Waals surface area contributed by atoms with E-state index in [-0.39, 0.29) is 17.3 Å². The van der Waals surface area contributed by atoms with Crippen LogP contribution in [0.1, 0.15) is 25.8 Å². The fourth-order valence-corrected chi connectivity index (χ4v) is 2.49. The van der Waals surface area contributed by atoms with E-state index in [1.54, 1.807) is 6.07 Å². The predicted octanol–water partition coefficient (Wildman–Crippen LogP) is 3.47. The van der Waals surface area contributed by atoms with Crippen molar-refractivity contribution in [2.75, 3.05) is 7.05 Å². The third-order valence-electron chi connectivity index (χ3n) is 3.97. The first-order chi connectivity index (χ1) is 8.75. The zero-order valence-corrected chi connectivity index (χ0v) is 11.2. The van der Waals surface area contributed by atoms with Crippen LogP contribution < -0.4 is 10.1 Å². The van der Waals surface area contributed by atoms with Crippen LogP contribution in [0.5, 0.6) is 5.75 Å². The molecule has 1 aliphatic rings. The van der Waals surface area contributed by atoms with Crippen LogP contribution in [-0.4, -0.2) is 19.2 Å². The molecule has 2 atom stereocenters. The van der Waals surface area contributed by atoms with Crippen LogP contribution in [0.25, 0.3) is 0 Å². The molecule has 0 bridgehead atoms. The van der Waals surface area contributed by atoms with Crippen LogP contribution in [0.3, 0.4) is 0 Å². The molecular weight excluding hydrogens is 255 g/mol. The zero-order valence-electron chi connectivity index (χ0n) is 11.2. The summed E-state index contributed by atoms with van der Waals surface area (Å²) in [5.74, 6) is 0.280. The molecule has 0 aliphatic heterocycles. The van der Waals surface area contributed by atoms with Gasteiger partial charge in [-0.05, 0) is 25.2 Å². The van der Waals surface area contributed by atoms with Crippen molar-refractivity contribution in [3.05, 3.63) is 29.8 Å². The second kappa shape index (κ2) is 4.71. The average Bonchev–Trinajstić information content (AvgIpc) is 2.33. The highest BCUT2D eigenvalue weighted by molar-refractivity contribution is 5.31. The molecule has 0 saturated heterocycles. The van der Waals surface area contributed by atoms with Crippen LogP contribution in [0.2, 0.25) is 0 Å². The molecule has 0 radical (unpaired) electrons. The third kappa shape index (κ3) is 2.71.